The van der Waals surface area contributed by atoms with E-state index in [2.05, 4.69) is 4.98 Å². The summed E-state index contributed by atoms with van der Waals surface area (Å²) in [5.74, 6) is -1.54. The topological polar surface area (TPSA) is 62.3 Å². The maximum Gasteiger partial charge on any atom is 0.416 e. The molecule has 1 unspecified atom stereocenters. The highest BCUT2D eigenvalue weighted by molar-refractivity contribution is 5.99. The van der Waals surface area contributed by atoms with Gasteiger partial charge in [0.15, 0.2) is 0 Å². The zero-order valence-corrected chi connectivity index (χ0v) is 16.8. The van der Waals surface area contributed by atoms with Gasteiger partial charge in [0, 0.05) is 5.39 Å². The molecule has 0 saturated carbocycles. The van der Waals surface area contributed by atoms with E-state index < -0.39 is 29.1 Å². The number of ether oxygens (including phenoxy) is 1. The second kappa shape index (κ2) is 7.67. The van der Waals surface area contributed by atoms with Gasteiger partial charge >= 0.3 is 12.1 Å². The Balaban J connectivity index is 1.93. The average molecular weight is 435 g/mol. The summed E-state index contributed by atoms with van der Waals surface area (Å²) in [7, 11) is 0. The zero-order valence-electron chi connectivity index (χ0n) is 16.8. The monoisotopic (exact) mass is 435 g/mol. The van der Waals surface area contributed by atoms with Gasteiger partial charge in [-0.2, -0.15) is 13.2 Å². The standard InChI is InChI=1S/C23H21F4NO3/c1-2-10-22(12-18(29)30)21-16(9-11-31-22)19-15(7-8-17(24)20(19)28-21)13-3-5-14(6-4-13)23(25,26)27/h3-8,28H,2,9-12H2,1H3,(H,29,30). The van der Waals surface area contributed by atoms with Gasteiger partial charge in [0.2, 0.25) is 0 Å². The molecule has 0 bridgehead atoms. The van der Waals surface area contributed by atoms with E-state index in [1.165, 1.54) is 18.2 Å². The molecule has 8 heteroatoms. The van der Waals surface area contributed by atoms with E-state index in [9.17, 15) is 27.5 Å². The fourth-order valence-corrected chi connectivity index (χ4v) is 4.55. The minimum atomic E-state index is -4.45. The van der Waals surface area contributed by atoms with Crippen molar-refractivity contribution in [3.8, 4) is 11.1 Å². The molecule has 0 aliphatic carbocycles. The van der Waals surface area contributed by atoms with Crippen LogP contribution in [0, 0.1) is 5.82 Å². The molecular weight excluding hydrogens is 414 g/mol. The fourth-order valence-electron chi connectivity index (χ4n) is 4.55. The van der Waals surface area contributed by atoms with E-state index in [4.69, 9.17) is 4.74 Å². The average Bonchev–Trinajstić information content (AvgIpc) is 3.10. The molecular formula is C23H21F4NO3. The number of hydrogen-bond donors (Lipinski definition) is 2. The molecule has 0 fully saturated rings. The van der Waals surface area contributed by atoms with E-state index in [1.54, 1.807) is 6.07 Å². The maximum absolute atomic E-state index is 14.8. The SMILES string of the molecule is CCCC1(CC(=O)O)OCCc2c1[nH]c1c(F)ccc(-c3ccc(C(F)(F)F)cc3)c21. The Labute approximate surface area is 175 Å². The Morgan fingerprint density at radius 3 is 2.52 bits per heavy atom. The predicted octanol–water partition coefficient (Wildman–Crippen LogP) is 6.04. The van der Waals surface area contributed by atoms with E-state index in [0.717, 1.165) is 17.7 Å². The summed E-state index contributed by atoms with van der Waals surface area (Å²) < 4.78 is 59.6. The maximum atomic E-state index is 14.8. The molecule has 4 nitrogen and oxygen atoms in total. The van der Waals surface area contributed by atoms with Crippen molar-refractivity contribution in [1.82, 2.24) is 4.98 Å². The summed E-state index contributed by atoms with van der Waals surface area (Å²) >= 11 is 0. The first-order valence-electron chi connectivity index (χ1n) is 10.0. The van der Waals surface area contributed by atoms with Gasteiger partial charge in [-0.05, 0) is 47.7 Å². The number of aliphatic carboxylic acids is 1. The number of aromatic amines is 1. The summed E-state index contributed by atoms with van der Waals surface area (Å²) in [5, 5.41) is 10.0. The smallest absolute Gasteiger partial charge is 0.416 e. The van der Waals surface area contributed by atoms with Crippen LogP contribution in [-0.2, 0) is 27.7 Å². The number of aromatic nitrogens is 1. The Hall–Kier alpha value is -2.87. The first kappa shape index (κ1) is 21.4. The lowest BCUT2D eigenvalue weighted by Gasteiger charge is -2.36. The minimum absolute atomic E-state index is 0.207. The first-order chi connectivity index (χ1) is 14.7. The minimum Gasteiger partial charge on any atom is -0.481 e. The number of hydrogen-bond acceptors (Lipinski definition) is 2. The molecule has 1 aliphatic rings. The van der Waals surface area contributed by atoms with Crippen molar-refractivity contribution in [3.05, 3.63) is 59.0 Å². The molecule has 0 spiro atoms. The number of halogens is 4. The van der Waals surface area contributed by atoms with Crippen molar-refractivity contribution in [2.45, 2.75) is 44.4 Å². The van der Waals surface area contributed by atoms with Crippen LogP contribution in [0.25, 0.3) is 22.0 Å². The number of carboxylic acid groups (broad SMARTS) is 1. The summed E-state index contributed by atoms with van der Waals surface area (Å²) in [4.78, 5) is 14.6. The van der Waals surface area contributed by atoms with Gasteiger partial charge in [0.05, 0.1) is 29.8 Å². The van der Waals surface area contributed by atoms with Crippen LogP contribution >= 0.6 is 0 Å². The summed E-state index contributed by atoms with van der Waals surface area (Å²) in [5.41, 5.74) is 0.746. The molecule has 2 heterocycles. The Morgan fingerprint density at radius 1 is 1.19 bits per heavy atom. The van der Waals surface area contributed by atoms with Crippen LogP contribution in [0.5, 0.6) is 0 Å². The lowest BCUT2D eigenvalue weighted by Crippen LogP contribution is -2.37. The van der Waals surface area contributed by atoms with Gasteiger partial charge in [-0.1, -0.05) is 31.5 Å². The molecule has 4 rings (SSSR count). The lowest BCUT2D eigenvalue weighted by molar-refractivity contribution is -0.149. The highest BCUT2D eigenvalue weighted by Gasteiger charge is 2.42. The van der Waals surface area contributed by atoms with Crippen LogP contribution in [0.15, 0.2) is 36.4 Å². The van der Waals surface area contributed by atoms with E-state index >= 15 is 0 Å². The van der Waals surface area contributed by atoms with Crippen molar-refractivity contribution >= 4 is 16.9 Å². The van der Waals surface area contributed by atoms with Crippen LogP contribution in [0.1, 0.15) is 43.0 Å². The molecule has 1 aliphatic heterocycles. The van der Waals surface area contributed by atoms with Crippen molar-refractivity contribution in [2.24, 2.45) is 0 Å². The first-order valence-corrected chi connectivity index (χ1v) is 10.0. The summed E-state index contributed by atoms with van der Waals surface area (Å²) in [6.45, 7) is 2.19. The number of fused-ring (bicyclic) bond motifs is 3. The quantitative estimate of drug-likeness (QED) is 0.481. The number of alkyl halides is 3. The van der Waals surface area contributed by atoms with Gasteiger partial charge < -0.3 is 14.8 Å². The number of benzene rings is 2. The molecule has 0 saturated heterocycles. The van der Waals surface area contributed by atoms with Crippen molar-refractivity contribution in [2.75, 3.05) is 6.61 Å². The number of rotatable bonds is 5. The molecule has 1 atom stereocenters. The third-order valence-electron chi connectivity index (χ3n) is 5.81. The third kappa shape index (κ3) is 3.69. The Morgan fingerprint density at radius 2 is 1.90 bits per heavy atom. The van der Waals surface area contributed by atoms with Gasteiger partial charge in [0.25, 0.3) is 0 Å². The zero-order chi connectivity index (χ0) is 22.4. The van der Waals surface area contributed by atoms with Gasteiger partial charge in [0.1, 0.15) is 11.4 Å². The summed E-state index contributed by atoms with van der Waals surface area (Å²) in [6.07, 6.45) is -3.17. The fraction of sp³-hybridized carbons (Fsp3) is 0.348. The molecule has 164 valence electrons. The van der Waals surface area contributed by atoms with Gasteiger partial charge in [-0.3, -0.25) is 4.79 Å². The molecule has 1 aromatic heterocycles. The van der Waals surface area contributed by atoms with Gasteiger partial charge in [-0.25, -0.2) is 4.39 Å². The molecule has 3 aromatic rings. The van der Waals surface area contributed by atoms with Crippen molar-refractivity contribution in [3.63, 3.8) is 0 Å². The van der Waals surface area contributed by atoms with E-state index in [1.807, 2.05) is 6.92 Å². The molecule has 2 N–H and O–H groups in total. The highest BCUT2D eigenvalue weighted by atomic mass is 19.4. The Bertz CT molecular complexity index is 1130. The number of nitrogens with one attached hydrogen (secondary N) is 1. The molecule has 31 heavy (non-hydrogen) atoms. The van der Waals surface area contributed by atoms with Crippen LogP contribution in [-0.4, -0.2) is 22.7 Å². The van der Waals surface area contributed by atoms with E-state index in [0.29, 0.717) is 41.5 Å². The van der Waals surface area contributed by atoms with E-state index in [-0.39, 0.29) is 18.5 Å². The number of carboxylic acids is 1. The molecule has 0 amide bonds. The molecule has 2 aromatic carbocycles. The second-order valence-electron chi connectivity index (χ2n) is 7.81. The summed E-state index contributed by atoms with van der Waals surface area (Å²) in [6, 6.07) is 7.53. The Kier molecular flexibility index (Phi) is 5.29. The largest absolute Gasteiger partial charge is 0.481 e. The lowest BCUT2D eigenvalue weighted by atomic mass is 9.84. The highest BCUT2D eigenvalue weighted by Crippen LogP contribution is 2.45. The normalized spacial score (nSPS) is 18.9. The van der Waals surface area contributed by atoms with Crippen molar-refractivity contribution in [1.29, 1.82) is 0 Å². The second-order valence-corrected chi connectivity index (χ2v) is 7.81. The van der Waals surface area contributed by atoms with Crippen LogP contribution < -0.4 is 0 Å². The van der Waals surface area contributed by atoms with Crippen LogP contribution in [0.2, 0.25) is 0 Å². The third-order valence-corrected chi connectivity index (χ3v) is 5.81. The number of carbonyl (C=O) groups is 1. The predicted molar refractivity (Wildman–Crippen MR) is 107 cm³/mol. The number of H-pyrrole nitrogens is 1. The van der Waals surface area contributed by atoms with Crippen LogP contribution in [0.4, 0.5) is 17.6 Å². The van der Waals surface area contributed by atoms with Crippen LogP contribution in [0.3, 0.4) is 0 Å². The van der Waals surface area contributed by atoms with Gasteiger partial charge in [-0.15, -0.1) is 0 Å². The van der Waals surface area contributed by atoms with Crippen molar-refractivity contribution < 1.29 is 32.2 Å². The molecule has 0 radical (unpaired) electrons.